The first-order chi connectivity index (χ1) is 17.1. The molecule has 1 N–H and O–H groups in total. The summed E-state index contributed by atoms with van der Waals surface area (Å²) < 4.78 is 31.8. The van der Waals surface area contributed by atoms with E-state index in [-0.39, 0.29) is 18.2 Å². The molecule has 0 spiro atoms. The molecular formula is C25H41B2BrN2O6S. The predicted octanol–water partition coefficient (Wildman–Crippen LogP) is 6.07. The Labute approximate surface area is 234 Å². The van der Waals surface area contributed by atoms with E-state index in [9.17, 15) is 4.79 Å². The van der Waals surface area contributed by atoms with Crippen LogP contribution in [-0.2, 0) is 23.4 Å². The molecule has 3 aliphatic rings. The zero-order chi connectivity index (χ0) is 27.2. The first kappa shape index (κ1) is 29.3. The standard InChI is InChI=1S/C25H41B2BrN2O6S/c1-16(32-21(31)30-18-11-9-17(10-12-18)20-29-15-19(28)37-20)13-14-25(8)24(6,7)35-27(36-25)26-33-22(2,3)23(4,5)34-26/h15-18H,9-14H2,1-8H3,(H,30,31). The van der Waals surface area contributed by atoms with Gasteiger partial charge in [-0.3, -0.25) is 0 Å². The highest BCUT2D eigenvalue weighted by Crippen LogP contribution is 2.45. The number of aromatic nitrogens is 1. The van der Waals surface area contributed by atoms with E-state index in [0.717, 1.165) is 29.5 Å². The highest BCUT2D eigenvalue weighted by Gasteiger charge is 2.64. The fraction of sp³-hybridized carbons (Fsp3) is 0.840. The lowest BCUT2D eigenvalue weighted by molar-refractivity contribution is -0.0248. The largest absolute Gasteiger partial charge is 0.488 e. The van der Waals surface area contributed by atoms with Crippen molar-refractivity contribution in [3.05, 3.63) is 15.0 Å². The summed E-state index contributed by atoms with van der Waals surface area (Å²) in [6.45, 7) is 16.1. The van der Waals surface area contributed by atoms with Gasteiger partial charge in [0.2, 0.25) is 0 Å². The van der Waals surface area contributed by atoms with Crippen LogP contribution >= 0.6 is 27.3 Å². The highest BCUT2D eigenvalue weighted by molar-refractivity contribution is 9.11. The van der Waals surface area contributed by atoms with Crippen molar-refractivity contribution < 1.29 is 28.1 Å². The quantitative estimate of drug-likeness (QED) is 0.381. The molecule has 1 amide bonds. The van der Waals surface area contributed by atoms with Gasteiger partial charge in [0.05, 0.1) is 37.4 Å². The molecule has 206 valence electrons. The second-order valence-corrected chi connectivity index (χ2v) is 14.9. The molecule has 0 bridgehead atoms. The number of nitrogens with one attached hydrogen (secondary N) is 1. The van der Waals surface area contributed by atoms with Crippen molar-refractivity contribution in [2.45, 2.75) is 134 Å². The fourth-order valence-electron chi connectivity index (χ4n) is 5.17. The van der Waals surface area contributed by atoms with Crippen LogP contribution in [0.2, 0.25) is 0 Å². The maximum Gasteiger partial charge on any atom is 0.488 e. The maximum atomic E-state index is 12.6. The zero-order valence-corrected chi connectivity index (χ0v) is 25.8. The second-order valence-electron chi connectivity index (χ2n) is 12.4. The van der Waals surface area contributed by atoms with Crippen molar-refractivity contribution in [2.75, 3.05) is 0 Å². The summed E-state index contributed by atoms with van der Waals surface area (Å²) in [5, 5.41) is 4.24. The maximum absolute atomic E-state index is 12.6. The Morgan fingerprint density at radius 3 is 2.19 bits per heavy atom. The molecule has 2 aliphatic heterocycles. The van der Waals surface area contributed by atoms with Crippen molar-refractivity contribution in [2.24, 2.45) is 0 Å². The predicted molar refractivity (Wildman–Crippen MR) is 150 cm³/mol. The molecule has 1 saturated carbocycles. The minimum Gasteiger partial charge on any atom is -0.447 e. The molecule has 2 saturated heterocycles. The fourth-order valence-corrected chi connectivity index (χ4v) is 6.58. The number of halogens is 1. The normalized spacial score (nSPS) is 31.4. The van der Waals surface area contributed by atoms with Crippen LogP contribution < -0.4 is 5.32 Å². The van der Waals surface area contributed by atoms with E-state index >= 15 is 0 Å². The smallest absolute Gasteiger partial charge is 0.447 e. The Morgan fingerprint density at radius 1 is 1.05 bits per heavy atom. The van der Waals surface area contributed by atoms with Crippen LogP contribution in [0.1, 0.15) is 105 Å². The molecule has 2 atom stereocenters. The molecule has 0 radical (unpaired) electrons. The molecule has 4 rings (SSSR count). The summed E-state index contributed by atoms with van der Waals surface area (Å²) in [6.07, 6.45) is 6.49. The number of carbonyl (C=O) groups is 1. The van der Waals surface area contributed by atoms with E-state index in [4.69, 9.17) is 23.4 Å². The van der Waals surface area contributed by atoms with E-state index in [0.29, 0.717) is 18.8 Å². The number of ether oxygens (including phenoxy) is 1. The van der Waals surface area contributed by atoms with E-state index in [1.807, 2.05) is 61.6 Å². The number of nitrogens with zero attached hydrogens (tertiary/aromatic N) is 1. The van der Waals surface area contributed by atoms with Gasteiger partial charge >= 0.3 is 20.1 Å². The van der Waals surface area contributed by atoms with Crippen molar-refractivity contribution in [3.63, 3.8) is 0 Å². The van der Waals surface area contributed by atoms with E-state index in [1.165, 1.54) is 5.01 Å². The molecule has 37 heavy (non-hydrogen) atoms. The van der Waals surface area contributed by atoms with Crippen LogP contribution in [0.5, 0.6) is 0 Å². The molecule has 1 aromatic heterocycles. The summed E-state index contributed by atoms with van der Waals surface area (Å²) in [6, 6.07) is 0.142. The van der Waals surface area contributed by atoms with Gasteiger partial charge < -0.3 is 28.7 Å². The topological polar surface area (TPSA) is 88.1 Å². The number of alkyl carbamates (subject to hydrolysis) is 1. The first-order valence-corrected chi connectivity index (χ1v) is 15.0. The molecule has 8 nitrogen and oxygen atoms in total. The summed E-state index contributed by atoms with van der Waals surface area (Å²) in [4.78, 5) is 17.1. The molecule has 3 heterocycles. The van der Waals surface area contributed by atoms with Crippen LogP contribution in [-0.4, -0.2) is 59.6 Å². The SMILES string of the molecule is CC(CCC1(C)OB(B2OC(C)(C)C(C)(C)O2)OC1(C)C)OC(=O)NC1CCC(c2ncc(Br)s2)CC1. The van der Waals surface area contributed by atoms with Crippen LogP contribution in [0.15, 0.2) is 9.98 Å². The van der Waals surface area contributed by atoms with E-state index in [2.05, 4.69) is 26.2 Å². The Morgan fingerprint density at radius 2 is 1.62 bits per heavy atom. The first-order valence-electron chi connectivity index (χ1n) is 13.4. The average Bonchev–Trinajstić information content (AvgIpc) is 3.39. The Kier molecular flexibility index (Phi) is 8.51. The number of amides is 1. The lowest BCUT2D eigenvalue weighted by Crippen LogP contribution is -2.45. The third-order valence-electron chi connectivity index (χ3n) is 8.78. The van der Waals surface area contributed by atoms with Gasteiger partial charge in [0.1, 0.15) is 6.10 Å². The minimum absolute atomic E-state index is 0.142. The van der Waals surface area contributed by atoms with Crippen LogP contribution in [0.25, 0.3) is 0 Å². The van der Waals surface area contributed by atoms with Gasteiger partial charge in [-0.2, -0.15) is 0 Å². The van der Waals surface area contributed by atoms with Gasteiger partial charge in [0.15, 0.2) is 0 Å². The third kappa shape index (κ3) is 6.40. The van der Waals surface area contributed by atoms with Crippen LogP contribution in [0.4, 0.5) is 4.79 Å². The van der Waals surface area contributed by atoms with Crippen molar-refractivity contribution in [3.8, 4) is 0 Å². The average molecular weight is 599 g/mol. The van der Waals surface area contributed by atoms with Gasteiger partial charge in [-0.25, -0.2) is 9.78 Å². The van der Waals surface area contributed by atoms with Crippen LogP contribution in [0.3, 0.4) is 0 Å². The van der Waals surface area contributed by atoms with Crippen molar-refractivity contribution in [1.82, 2.24) is 10.3 Å². The number of carbonyl (C=O) groups excluding carboxylic acids is 1. The second kappa shape index (κ2) is 10.7. The molecule has 2 unspecified atom stereocenters. The lowest BCUT2D eigenvalue weighted by Gasteiger charge is -2.37. The summed E-state index contributed by atoms with van der Waals surface area (Å²) in [7, 11) is -1.22. The van der Waals surface area contributed by atoms with E-state index in [1.54, 1.807) is 11.3 Å². The number of hydrogen-bond donors (Lipinski definition) is 1. The third-order valence-corrected chi connectivity index (χ3v) is 10.4. The number of rotatable bonds is 7. The summed E-state index contributed by atoms with van der Waals surface area (Å²) >= 11 is 5.19. The molecule has 1 aromatic rings. The molecular weight excluding hydrogens is 558 g/mol. The van der Waals surface area contributed by atoms with Gasteiger partial charge in [0.25, 0.3) is 0 Å². The highest BCUT2D eigenvalue weighted by atomic mass is 79.9. The lowest BCUT2D eigenvalue weighted by atomic mass is 9.49. The summed E-state index contributed by atoms with van der Waals surface area (Å²) in [5.74, 6) is 0.475. The van der Waals surface area contributed by atoms with Crippen LogP contribution in [0, 0.1) is 0 Å². The van der Waals surface area contributed by atoms with Gasteiger partial charge in [0, 0.05) is 12.0 Å². The minimum atomic E-state index is -0.624. The molecule has 3 fully saturated rings. The number of thiazole rings is 1. The zero-order valence-electron chi connectivity index (χ0n) is 23.4. The molecule has 12 heteroatoms. The van der Waals surface area contributed by atoms with Gasteiger partial charge in [-0.15, -0.1) is 11.3 Å². The Balaban J connectivity index is 1.22. The Bertz CT molecular complexity index is 955. The van der Waals surface area contributed by atoms with E-state index < -0.39 is 36.4 Å². The molecule has 1 aliphatic carbocycles. The Hall–Kier alpha value is -0.650. The van der Waals surface area contributed by atoms with Gasteiger partial charge in [-0.1, -0.05) is 0 Å². The molecule has 0 aromatic carbocycles. The van der Waals surface area contributed by atoms with Crippen molar-refractivity contribution >= 4 is 47.4 Å². The number of hydrogen-bond acceptors (Lipinski definition) is 8. The van der Waals surface area contributed by atoms with Gasteiger partial charge in [-0.05, 0) is 110 Å². The summed E-state index contributed by atoms with van der Waals surface area (Å²) in [5.41, 5.74) is -2.06. The van der Waals surface area contributed by atoms with Crippen molar-refractivity contribution in [1.29, 1.82) is 0 Å². The monoisotopic (exact) mass is 598 g/mol.